The van der Waals surface area contributed by atoms with Crippen LogP contribution in [-0.4, -0.2) is 39.3 Å². The summed E-state index contributed by atoms with van der Waals surface area (Å²) in [5.41, 5.74) is 3.47. The van der Waals surface area contributed by atoms with E-state index in [-0.39, 0.29) is 0 Å². The number of hydrogen-bond acceptors (Lipinski definition) is 6. The lowest BCUT2D eigenvalue weighted by molar-refractivity contribution is 0.595. The maximum Gasteiger partial charge on any atom is 0.0991 e. The van der Waals surface area contributed by atoms with Gasteiger partial charge in [0, 0.05) is 37.6 Å². The summed E-state index contributed by atoms with van der Waals surface area (Å²) in [6.45, 7) is 5.69. The van der Waals surface area contributed by atoms with Crippen LogP contribution in [0.5, 0.6) is 0 Å². The first-order valence-electron chi connectivity index (χ1n) is 9.71. The normalized spacial score (nSPS) is 10.1. The van der Waals surface area contributed by atoms with E-state index >= 15 is 0 Å². The van der Waals surface area contributed by atoms with Crippen molar-refractivity contribution >= 4 is 11.4 Å². The smallest absolute Gasteiger partial charge is 0.0991 e. The molecule has 4 N–H and O–H groups in total. The molecule has 0 amide bonds. The number of anilines is 2. The molecule has 0 saturated carbocycles. The molecule has 0 bridgehead atoms. The van der Waals surface area contributed by atoms with Gasteiger partial charge in [0.05, 0.1) is 23.3 Å². The molecule has 0 aliphatic heterocycles. The van der Waals surface area contributed by atoms with Gasteiger partial charge in [-0.2, -0.15) is 10.5 Å². The molecule has 0 saturated heterocycles. The third-order valence-corrected chi connectivity index (χ3v) is 4.23. The molecule has 0 heterocycles. The average molecular weight is 377 g/mol. The fourth-order valence-corrected chi connectivity index (χ4v) is 2.64. The van der Waals surface area contributed by atoms with Gasteiger partial charge >= 0.3 is 0 Å². The maximum absolute atomic E-state index is 8.77. The molecule has 0 unspecified atom stereocenters. The van der Waals surface area contributed by atoms with Crippen molar-refractivity contribution in [2.24, 2.45) is 0 Å². The summed E-state index contributed by atoms with van der Waals surface area (Å²) >= 11 is 0. The van der Waals surface area contributed by atoms with Crippen LogP contribution in [0.4, 0.5) is 11.4 Å². The van der Waals surface area contributed by atoms with Gasteiger partial charge in [-0.3, -0.25) is 0 Å². The molecule has 0 aliphatic carbocycles. The Bertz CT molecular complexity index is 688. The van der Waals surface area contributed by atoms with Crippen molar-refractivity contribution in [2.75, 3.05) is 49.9 Å². The quantitative estimate of drug-likeness (QED) is 0.402. The van der Waals surface area contributed by atoms with Crippen LogP contribution in [0.25, 0.3) is 0 Å². The minimum Gasteiger partial charge on any atom is -0.385 e. The van der Waals surface area contributed by atoms with E-state index in [1.807, 2.05) is 48.5 Å². The van der Waals surface area contributed by atoms with Crippen molar-refractivity contribution in [3.8, 4) is 12.1 Å². The van der Waals surface area contributed by atoms with Crippen LogP contribution in [0, 0.1) is 22.7 Å². The Morgan fingerprint density at radius 3 is 1.29 bits per heavy atom. The molecule has 28 heavy (non-hydrogen) atoms. The number of rotatable bonds is 13. The van der Waals surface area contributed by atoms with Crippen molar-refractivity contribution in [3.63, 3.8) is 0 Å². The second-order valence-corrected chi connectivity index (χ2v) is 6.44. The van der Waals surface area contributed by atoms with E-state index in [2.05, 4.69) is 33.4 Å². The van der Waals surface area contributed by atoms with Gasteiger partial charge in [0.15, 0.2) is 0 Å². The topological polar surface area (TPSA) is 95.7 Å². The minimum absolute atomic E-state index is 0.685. The van der Waals surface area contributed by atoms with E-state index in [0.717, 1.165) is 63.5 Å². The van der Waals surface area contributed by atoms with E-state index in [4.69, 9.17) is 10.5 Å². The number of nitrogens with zero attached hydrogens (tertiary/aromatic N) is 2. The highest BCUT2D eigenvalue weighted by atomic mass is 14.9. The maximum atomic E-state index is 8.77. The first kappa shape index (κ1) is 21.2. The summed E-state index contributed by atoms with van der Waals surface area (Å²) in [7, 11) is 0. The lowest BCUT2D eigenvalue weighted by atomic mass is 10.2. The van der Waals surface area contributed by atoms with Crippen molar-refractivity contribution in [2.45, 2.75) is 12.8 Å². The number of benzene rings is 2. The fraction of sp³-hybridized carbons (Fsp3) is 0.364. The average Bonchev–Trinajstić information content (AvgIpc) is 2.75. The van der Waals surface area contributed by atoms with E-state index in [0.29, 0.717) is 11.1 Å². The highest BCUT2D eigenvalue weighted by Gasteiger charge is 1.95. The highest BCUT2D eigenvalue weighted by molar-refractivity contribution is 5.47. The molecule has 6 nitrogen and oxygen atoms in total. The molecule has 6 heteroatoms. The molecule has 0 fully saturated rings. The third kappa shape index (κ3) is 8.55. The molecule has 2 aromatic carbocycles. The largest absolute Gasteiger partial charge is 0.385 e. The number of hydrogen-bond donors (Lipinski definition) is 4. The Hall–Kier alpha value is -3.06. The summed E-state index contributed by atoms with van der Waals surface area (Å²) in [6.07, 6.45) is 2.10. The third-order valence-electron chi connectivity index (χ3n) is 4.23. The predicted molar refractivity (Wildman–Crippen MR) is 114 cm³/mol. The fourth-order valence-electron chi connectivity index (χ4n) is 2.64. The van der Waals surface area contributed by atoms with Gasteiger partial charge in [-0.05, 0) is 74.5 Å². The molecule has 146 valence electrons. The molecule has 2 rings (SSSR count). The summed E-state index contributed by atoms with van der Waals surface area (Å²) in [5.74, 6) is 0. The van der Waals surface area contributed by atoms with E-state index in [9.17, 15) is 0 Å². The van der Waals surface area contributed by atoms with Crippen LogP contribution in [0.3, 0.4) is 0 Å². The molecule has 0 atom stereocenters. The van der Waals surface area contributed by atoms with Gasteiger partial charge in [-0.1, -0.05) is 0 Å². The van der Waals surface area contributed by atoms with Crippen LogP contribution in [0.15, 0.2) is 48.5 Å². The molecule has 0 aliphatic rings. The standard InChI is InChI=1S/C22H28N6/c23-17-19-3-7-21(8-4-19)27-13-1-11-25-15-16-26-12-2-14-28-22-9-5-20(18-24)6-10-22/h3-10,25-28H,1-2,11-16H2. The highest BCUT2D eigenvalue weighted by Crippen LogP contribution is 2.09. The summed E-state index contributed by atoms with van der Waals surface area (Å²) in [5, 5.41) is 31.1. The summed E-state index contributed by atoms with van der Waals surface area (Å²) < 4.78 is 0. The molecule has 0 spiro atoms. The molecule has 2 aromatic rings. The van der Waals surface area contributed by atoms with Crippen LogP contribution in [0.1, 0.15) is 24.0 Å². The van der Waals surface area contributed by atoms with Crippen LogP contribution >= 0.6 is 0 Å². The Labute approximate surface area is 167 Å². The first-order valence-corrected chi connectivity index (χ1v) is 9.71. The Morgan fingerprint density at radius 2 is 0.929 bits per heavy atom. The minimum atomic E-state index is 0.685. The van der Waals surface area contributed by atoms with Crippen molar-refractivity contribution in [1.29, 1.82) is 10.5 Å². The lowest BCUT2D eigenvalue weighted by Gasteiger charge is -2.09. The molecule has 0 aromatic heterocycles. The predicted octanol–water partition coefficient (Wildman–Crippen LogP) is 2.91. The van der Waals surface area contributed by atoms with E-state index < -0.39 is 0 Å². The number of nitrogens with one attached hydrogen (secondary N) is 4. The van der Waals surface area contributed by atoms with Crippen molar-refractivity contribution < 1.29 is 0 Å². The first-order chi connectivity index (χ1) is 13.8. The van der Waals surface area contributed by atoms with E-state index in [1.54, 1.807) is 0 Å². The Balaban J connectivity index is 1.37. The van der Waals surface area contributed by atoms with Gasteiger partial charge in [0.1, 0.15) is 0 Å². The Kier molecular flexibility index (Phi) is 9.98. The van der Waals surface area contributed by atoms with Crippen LogP contribution < -0.4 is 21.3 Å². The van der Waals surface area contributed by atoms with Gasteiger partial charge in [-0.15, -0.1) is 0 Å². The van der Waals surface area contributed by atoms with Crippen molar-refractivity contribution in [3.05, 3.63) is 59.7 Å². The van der Waals surface area contributed by atoms with Crippen LogP contribution in [-0.2, 0) is 0 Å². The second kappa shape index (κ2) is 13.2. The van der Waals surface area contributed by atoms with Gasteiger partial charge < -0.3 is 21.3 Å². The molecular formula is C22H28N6. The summed E-state index contributed by atoms with van der Waals surface area (Å²) in [6, 6.07) is 19.3. The second-order valence-electron chi connectivity index (χ2n) is 6.44. The number of nitriles is 2. The lowest BCUT2D eigenvalue weighted by Crippen LogP contribution is -2.29. The van der Waals surface area contributed by atoms with E-state index in [1.165, 1.54) is 0 Å². The monoisotopic (exact) mass is 376 g/mol. The molecule has 0 radical (unpaired) electrons. The molecular weight excluding hydrogens is 348 g/mol. The van der Waals surface area contributed by atoms with Gasteiger partial charge in [0.2, 0.25) is 0 Å². The Morgan fingerprint density at radius 1 is 0.536 bits per heavy atom. The zero-order valence-corrected chi connectivity index (χ0v) is 16.2. The zero-order valence-electron chi connectivity index (χ0n) is 16.2. The van der Waals surface area contributed by atoms with Crippen LogP contribution in [0.2, 0.25) is 0 Å². The van der Waals surface area contributed by atoms with Gasteiger partial charge in [0.25, 0.3) is 0 Å². The SMILES string of the molecule is N#Cc1ccc(NCCCNCCNCCCNc2ccc(C#N)cc2)cc1. The van der Waals surface area contributed by atoms with Crippen molar-refractivity contribution in [1.82, 2.24) is 10.6 Å². The van der Waals surface area contributed by atoms with Gasteiger partial charge in [-0.25, -0.2) is 0 Å². The summed E-state index contributed by atoms with van der Waals surface area (Å²) in [4.78, 5) is 0. The zero-order chi connectivity index (χ0) is 19.9.